The molecule has 126 valence electrons. The molecule has 0 aliphatic heterocycles. The molecule has 0 radical (unpaired) electrons. The summed E-state index contributed by atoms with van der Waals surface area (Å²) in [5.41, 5.74) is 0.139. The van der Waals surface area contributed by atoms with Gasteiger partial charge in [0.25, 0.3) is 10.0 Å². The van der Waals surface area contributed by atoms with E-state index in [1.165, 1.54) is 45.5 Å². The summed E-state index contributed by atoms with van der Waals surface area (Å²) < 4.78 is 57.7. The maximum Gasteiger partial charge on any atom is 0.271 e. The fraction of sp³-hybridized carbons (Fsp3) is 0.231. The molecule has 0 atom stereocenters. The van der Waals surface area contributed by atoms with Crippen LogP contribution in [0.2, 0.25) is 0 Å². The Hall–Kier alpha value is -1.62. The van der Waals surface area contributed by atoms with Crippen LogP contribution < -0.4 is 9.46 Å². The van der Waals surface area contributed by atoms with Gasteiger partial charge in [-0.25, -0.2) is 21.1 Å². The van der Waals surface area contributed by atoms with E-state index >= 15 is 0 Å². The van der Waals surface area contributed by atoms with Crippen molar-refractivity contribution in [3.8, 4) is 5.75 Å². The molecule has 2 aromatic rings. The Labute approximate surface area is 139 Å². The number of rotatable bonds is 6. The fourth-order valence-electron chi connectivity index (χ4n) is 1.76. The molecule has 0 spiro atoms. The molecule has 0 saturated carbocycles. The Balaban J connectivity index is 2.47. The second kappa shape index (κ2) is 6.48. The molecule has 0 aliphatic rings. The third-order valence-corrected chi connectivity index (χ3v) is 7.55. The monoisotopic (exact) mass is 376 g/mol. The third kappa shape index (κ3) is 3.66. The third-order valence-electron chi connectivity index (χ3n) is 2.93. The number of nitrogens with zero attached hydrogens (tertiary/aromatic N) is 1. The van der Waals surface area contributed by atoms with Crippen LogP contribution in [0.4, 0.5) is 5.69 Å². The number of hydrogen-bond donors (Lipinski definition) is 1. The van der Waals surface area contributed by atoms with Gasteiger partial charge in [0.05, 0.1) is 12.8 Å². The first kappa shape index (κ1) is 17.7. The number of methoxy groups -OCH3 is 1. The van der Waals surface area contributed by atoms with E-state index in [-0.39, 0.29) is 20.5 Å². The average Bonchev–Trinajstić information content (AvgIpc) is 3.01. The number of sulfonamides is 2. The topological polar surface area (TPSA) is 92.8 Å². The predicted octanol–water partition coefficient (Wildman–Crippen LogP) is 1.81. The quantitative estimate of drug-likeness (QED) is 0.830. The van der Waals surface area contributed by atoms with Crippen molar-refractivity contribution in [3.63, 3.8) is 0 Å². The molecule has 7 nitrogen and oxygen atoms in total. The molecule has 1 heterocycles. The van der Waals surface area contributed by atoms with Crippen LogP contribution in [-0.2, 0) is 20.0 Å². The molecule has 0 unspecified atom stereocenters. The standard InChI is InChI=1S/C13H16N2O5S3/c1-15(2)23(18,19)12-9-10(6-7-11(12)20-3)14-22(16,17)13-5-4-8-21-13/h4-9,14H,1-3H3. The Morgan fingerprint density at radius 1 is 1.13 bits per heavy atom. The van der Waals surface area contributed by atoms with Crippen LogP contribution in [0.15, 0.2) is 44.8 Å². The van der Waals surface area contributed by atoms with Gasteiger partial charge >= 0.3 is 0 Å². The van der Waals surface area contributed by atoms with Crippen LogP contribution in [0.25, 0.3) is 0 Å². The van der Waals surface area contributed by atoms with Crippen LogP contribution in [0, 0.1) is 0 Å². The smallest absolute Gasteiger partial charge is 0.271 e. The van der Waals surface area contributed by atoms with E-state index in [0.29, 0.717) is 0 Å². The van der Waals surface area contributed by atoms with Gasteiger partial charge in [0.1, 0.15) is 14.9 Å². The fourth-order valence-corrected chi connectivity index (χ4v) is 4.88. The highest BCUT2D eigenvalue weighted by Gasteiger charge is 2.24. The lowest BCUT2D eigenvalue weighted by Gasteiger charge is -2.16. The van der Waals surface area contributed by atoms with E-state index in [9.17, 15) is 16.8 Å². The maximum absolute atomic E-state index is 12.3. The molecule has 0 aliphatic carbocycles. The largest absolute Gasteiger partial charge is 0.495 e. The van der Waals surface area contributed by atoms with Crippen LogP contribution in [0.3, 0.4) is 0 Å². The van der Waals surface area contributed by atoms with Crippen LogP contribution in [0.1, 0.15) is 0 Å². The summed E-state index contributed by atoms with van der Waals surface area (Å²) in [7, 11) is -3.41. The molecule has 2 rings (SSSR count). The van der Waals surface area contributed by atoms with E-state index in [4.69, 9.17) is 4.74 Å². The molecule has 0 fully saturated rings. The lowest BCUT2D eigenvalue weighted by atomic mass is 10.3. The zero-order valence-electron chi connectivity index (χ0n) is 12.7. The lowest BCUT2D eigenvalue weighted by molar-refractivity contribution is 0.400. The summed E-state index contributed by atoms with van der Waals surface area (Å²) in [6.45, 7) is 0. The minimum atomic E-state index is -3.78. The molecular weight excluding hydrogens is 360 g/mol. The average molecular weight is 376 g/mol. The lowest BCUT2D eigenvalue weighted by Crippen LogP contribution is -2.23. The predicted molar refractivity (Wildman–Crippen MR) is 89.0 cm³/mol. The molecule has 0 bridgehead atoms. The van der Waals surface area contributed by atoms with Crippen molar-refractivity contribution < 1.29 is 21.6 Å². The van der Waals surface area contributed by atoms with Gasteiger partial charge in [-0.3, -0.25) is 4.72 Å². The second-order valence-electron chi connectivity index (χ2n) is 4.69. The summed E-state index contributed by atoms with van der Waals surface area (Å²) >= 11 is 1.07. The summed E-state index contributed by atoms with van der Waals surface area (Å²) in [5.74, 6) is 0.137. The molecular formula is C13H16N2O5S3. The number of ether oxygens (including phenoxy) is 1. The highest BCUT2D eigenvalue weighted by atomic mass is 32.2. The summed E-state index contributed by atoms with van der Waals surface area (Å²) in [5, 5.41) is 1.64. The Bertz CT molecular complexity index is 888. The highest BCUT2D eigenvalue weighted by Crippen LogP contribution is 2.30. The SMILES string of the molecule is COc1ccc(NS(=O)(=O)c2cccs2)cc1S(=O)(=O)N(C)C. The highest BCUT2D eigenvalue weighted by molar-refractivity contribution is 7.94. The number of hydrogen-bond acceptors (Lipinski definition) is 6. The molecule has 1 N–H and O–H groups in total. The van der Waals surface area contributed by atoms with Crippen molar-refractivity contribution >= 4 is 37.1 Å². The number of thiophene rings is 1. The maximum atomic E-state index is 12.3. The Morgan fingerprint density at radius 3 is 2.35 bits per heavy atom. The molecule has 0 saturated heterocycles. The molecule has 23 heavy (non-hydrogen) atoms. The van der Waals surface area contributed by atoms with Gasteiger partial charge in [-0.1, -0.05) is 6.07 Å². The summed E-state index contributed by atoms with van der Waals surface area (Å²) in [4.78, 5) is -0.114. The van der Waals surface area contributed by atoms with Gasteiger partial charge in [-0.05, 0) is 29.6 Å². The van der Waals surface area contributed by atoms with Gasteiger partial charge in [0, 0.05) is 14.1 Å². The van der Waals surface area contributed by atoms with Crippen molar-refractivity contribution in [1.29, 1.82) is 0 Å². The van der Waals surface area contributed by atoms with Crippen LogP contribution in [0.5, 0.6) is 5.75 Å². The number of anilines is 1. The zero-order valence-corrected chi connectivity index (χ0v) is 15.1. The first-order valence-electron chi connectivity index (χ1n) is 6.35. The van der Waals surface area contributed by atoms with Crippen molar-refractivity contribution in [2.75, 3.05) is 25.9 Å². The zero-order chi connectivity index (χ0) is 17.3. The van der Waals surface area contributed by atoms with Gasteiger partial charge in [0.15, 0.2) is 0 Å². The van der Waals surface area contributed by atoms with Gasteiger partial charge in [0.2, 0.25) is 10.0 Å². The number of nitrogens with one attached hydrogen (secondary N) is 1. The van der Waals surface area contributed by atoms with Crippen molar-refractivity contribution in [1.82, 2.24) is 4.31 Å². The van der Waals surface area contributed by atoms with Gasteiger partial charge in [-0.2, -0.15) is 0 Å². The normalized spacial score (nSPS) is 12.3. The molecule has 1 aromatic carbocycles. The number of benzene rings is 1. The van der Waals surface area contributed by atoms with E-state index in [1.54, 1.807) is 11.4 Å². The minimum Gasteiger partial charge on any atom is -0.495 e. The van der Waals surface area contributed by atoms with E-state index < -0.39 is 20.0 Å². The summed E-state index contributed by atoms with van der Waals surface area (Å²) in [6.07, 6.45) is 0. The minimum absolute atomic E-state index is 0.114. The first-order chi connectivity index (χ1) is 10.7. The molecule has 0 amide bonds. The van der Waals surface area contributed by atoms with Crippen molar-refractivity contribution in [2.45, 2.75) is 9.10 Å². The first-order valence-corrected chi connectivity index (χ1v) is 10.2. The van der Waals surface area contributed by atoms with E-state index in [1.807, 2.05) is 0 Å². The second-order valence-corrected chi connectivity index (χ2v) is 9.67. The van der Waals surface area contributed by atoms with Crippen LogP contribution >= 0.6 is 11.3 Å². The Kier molecular flexibility index (Phi) is 4.99. The summed E-state index contributed by atoms with van der Waals surface area (Å²) in [6, 6.07) is 7.17. The molecule has 10 heteroatoms. The van der Waals surface area contributed by atoms with Crippen molar-refractivity contribution in [3.05, 3.63) is 35.7 Å². The van der Waals surface area contributed by atoms with Crippen molar-refractivity contribution in [2.24, 2.45) is 0 Å². The van der Waals surface area contributed by atoms with Crippen LogP contribution in [-0.4, -0.2) is 42.3 Å². The van der Waals surface area contributed by atoms with E-state index in [0.717, 1.165) is 15.6 Å². The molecule has 1 aromatic heterocycles. The van der Waals surface area contributed by atoms with Gasteiger partial charge < -0.3 is 4.74 Å². The van der Waals surface area contributed by atoms with Gasteiger partial charge in [-0.15, -0.1) is 11.3 Å². The Morgan fingerprint density at radius 2 is 1.83 bits per heavy atom. The van der Waals surface area contributed by atoms with E-state index in [2.05, 4.69) is 4.72 Å².